The molecule has 0 fully saturated rings. The van der Waals surface area contributed by atoms with E-state index in [4.69, 9.17) is 5.11 Å². The van der Waals surface area contributed by atoms with Gasteiger partial charge in [-0.2, -0.15) is 0 Å². The number of rotatable bonds is 5. The second kappa shape index (κ2) is 5.44. The average molecular weight is 214 g/mol. The zero-order chi connectivity index (χ0) is 10.6. The summed E-state index contributed by atoms with van der Waals surface area (Å²) in [6.07, 6.45) is 0. The molecule has 3 nitrogen and oxygen atoms in total. The maximum Gasteiger partial charge on any atom is 0.110 e. The molecule has 0 saturated heterocycles. The summed E-state index contributed by atoms with van der Waals surface area (Å²) in [5.74, 6) is 0.304. The minimum atomic E-state index is 0.233. The van der Waals surface area contributed by atoms with Crippen molar-refractivity contribution in [3.8, 4) is 0 Å². The molecule has 2 unspecified atom stereocenters. The van der Waals surface area contributed by atoms with Crippen LogP contribution in [0.15, 0.2) is 5.38 Å². The normalized spacial score (nSPS) is 15.4. The van der Waals surface area contributed by atoms with Gasteiger partial charge < -0.3 is 10.4 Å². The molecule has 2 N–H and O–H groups in total. The Morgan fingerprint density at radius 2 is 2.29 bits per heavy atom. The lowest BCUT2D eigenvalue weighted by Gasteiger charge is -2.14. The largest absolute Gasteiger partial charge is 0.396 e. The molecular formula is C10H18N2OS. The molecule has 0 aliphatic heterocycles. The number of aromatic nitrogens is 1. The molecule has 0 radical (unpaired) electrons. The van der Waals surface area contributed by atoms with Gasteiger partial charge >= 0.3 is 0 Å². The van der Waals surface area contributed by atoms with Crippen LogP contribution in [0, 0.1) is 12.8 Å². The summed E-state index contributed by atoms with van der Waals surface area (Å²) in [4.78, 5) is 4.41. The monoisotopic (exact) mass is 214 g/mol. The van der Waals surface area contributed by atoms with E-state index in [1.807, 2.05) is 13.8 Å². The second-order valence-corrected chi connectivity index (χ2v) is 4.63. The summed E-state index contributed by atoms with van der Waals surface area (Å²) in [5, 5.41) is 15.4. The molecule has 1 rings (SSSR count). The van der Waals surface area contributed by atoms with E-state index >= 15 is 0 Å². The van der Waals surface area contributed by atoms with E-state index in [0.29, 0.717) is 5.92 Å². The van der Waals surface area contributed by atoms with Gasteiger partial charge in [0.15, 0.2) is 0 Å². The third kappa shape index (κ3) is 3.36. The SMILES string of the molecule is Cc1csc(C(C)NCC(C)CO)n1. The molecule has 2 atom stereocenters. The zero-order valence-corrected chi connectivity index (χ0v) is 9.77. The highest BCUT2D eigenvalue weighted by molar-refractivity contribution is 7.09. The van der Waals surface area contributed by atoms with Crippen LogP contribution in [0.5, 0.6) is 0 Å². The molecule has 0 aliphatic rings. The van der Waals surface area contributed by atoms with Crippen LogP contribution in [0.1, 0.15) is 30.6 Å². The molecule has 0 saturated carbocycles. The van der Waals surface area contributed by atoms with Crippen LogP contribution >= 0.6 is 11.3 Å². The average Bonchev–Trinajstić information content (AvgIpc) is 2.60. The fourth-order valence-electron chi connectivity index (χ4n) is 1.10. The molecule has 4 heteroatoms. The number of hydrogen-bond donors (Lipinski definition) is 2. The zero-order valence-electron chi connectivity index (χ0n) is 8.95. The summed E-state index contributed by atoms with van der Waals surface area (Å²) in [6.45, 7) is 7.19. The van der Waals surface area contributed by atoms with Crippen LogP contribution < -0.4 is 5.32 Å². The standard InChI is InChI=1S/C10H18N2OS/c1-7(5-13)4-11-9(3)10-12-8(2)6-14-10/h6-7,9,11,13H,4-5H2,1-3H3. The smallest absolute Gasteiger partial charge is 0.110 e. The Morgan fingerprint density at radius 1 is 1.57 bits per heavy atom. The maximum atomic E-state index is 8.87. The van der Waals surface area contributed by atoms with Crippen LogP contribution in [0.2, 0.25) is 0 Å². The molecule has 0 aliphatic carbocycles. The third-order valence-corrected chi connectivity index (χ3v) is 3.24. The summed E-state index contributed by atoms with van der Waals surface area (Å²) < 4.78 is 0. The van der Waals surface area contributed by atoms with Crippen molar-refractivity contribution in [1.29, 1.82) is 0 Å². The van der Waals surface area contributed by atoms with Gasteiger partial charge in [-0.3, -0.25) is 0 Å². The Morgan fingerprint density at radius 3 is 2.79 bits per heavy atom. The number of nitrogens with zero attached hydrogens (tertiary/aromatic N) is 1. The lowest BCUT2D eigenvalue weighted by Crippen LogP contribution is -2.26. The van der Waals surface area contributed by atoms with E-state index in [0.717, 1.165) is 17.2 Å². The van der Waals surface area contributed by atoms with Gasteiger partial charge in [0, 0.05) is 24.2 Å². The van der Waals surface area contributed by atoms with Gasteiger partial charge in [-0.25, -0.2) is 4.98 Å². The highest BCUT2D eigenvalue weighted by Gasteiger charge is 2.09. The quantitative estimate of drug-likeness (QED) is 0.784. The molecule has 0 aromatic carbocycles. The lowest BCUT2D eigenvalue weighted by atomic mass is 10.2. The van der Waals surface area contributed by atoms with Crippen LogP contribution in [0.4, 0.5) is 0 Å². The fraction of sp³-hybridized carbons (Fsp3) is 0.700. The van der Waals surface area contributed by atoms with E-state index in [2.05, 4.69) is 22.6 Å². The van der Waals surface area contributed by atoms with Crippen LogP contribution in [0.25, 0.3) is 0 Å². The number of aliphatic hydroxyl groups excluding tert-OH is 1. The van der Waals surface area contributed by atoms with Crippen molar-refractivity contribution in [2.24, 2.45) is 5.92 Å². The topological polar surface area (TPSA) is 45.1 Å². The van der Waals surface area contributed by atoms with Gasteiger partial charge in [0.25, 0.3) is 0 Å². The second-order valence-electron chi connectivity index (χ2n) is 3.74. The molecule has 14 heavy (non-hydrogen) atoms. The Hall–Kier alpha value is -0.450. The van der Waals surface area contributed by atoms with Crippen molar-refractivity contribution in [3.63, 3.8) is 0 Å². The first kappa shape index (κ1) is 11.6. The Labute approximate surface area is 89.2 Å². The Kier molecular flexibility index (Phi) is 4.51. The van der Waals surface area contributed by atoms with Crippen molar-refractivity contribution in [2.45, 2.75) is 26.8 Å². The first-order chi connectivity index (χ1) is 6.63. The summed E-state index contributed by atoms with van der Waals surface area (Å²) in [6, 6.07) is 0.280. The molecule has 0 bridgehead atoms. The van der Waals surface area contributed by atoms with E-state index in [1.165, 1.54) is 0 Å². The van der Waals surface area contributed by atoms with Crippen molar-refractivity contribution in [2.75, 3.05) is 13.2 Å². The Balaban J connectivity index is 2.39. The van der Waals surface area contributed by atoms with Gasteiger partial charge in [-0.1, -0.05) is 6.92 Å². The minimum absolute atomic E-state index is 0.233. The van der Waals surface area contributed by atoms with Crippen molar-refractivity contribution in [3.05, 3.63) is 16.1 Å². The molecule has 0 spiro atoms. The first-order valence-electron chi connectivity index (χ1n) is 4.89. The molecule has 1 heterocycles. The van der Waals surface area contributed by atoms with Gasteiger partial charge in [0.05, 0.1) is 6.04 Å². The fourth-order valence-corrected chi connectivity index (χ4v) is 1.93. The predicted molar refractivity (Wildman–Crippen MR) is 59.5 cm³/mol. The minimum Gasteiger partial charge on any atom is -0.396 e. The number of thiazole rings is 1. The number of aryl methyl sites for hydroxylation is 1. The van der Waals surface area contributed by atoms with Crippen LogP contribution in [-0.4, -0.2) is 23.2 Å². The van der Waals surface area contributed by atoms with Crippen LogP contribution in [0.3, 0.4) is 0 Å². The van der Waals surface area contributed by atoms with E-state index in [9.17, 15) is 0 Å². The molecule has 0 amide bonds. The van der Waals surface area contributed by atoms with E-state index in [1.54, 1.807) is 11.3 Å². The third-order valence-electron chi connectivity index (χ3n) is 2.09. The van der Waals surface area contributed by atoms with Crippen molar-refractivity contribution >= 4 is 11.3 Å². The molecule has 1 aromatic heterocycles. The Bertz CT molecular complexity index is 275. The molecular weight excluding hydrogens is 196 g/mol. The number of aliphatic hydroxyl groups is 1. The summed E-state index contributed by atoms with van der Waals surface area (Å²) in [5.41, 5.74) is 1.08. The number of hydrogen-bond acceptors (Lipinski definition) is 4. The molecule has 80 valence electrons. The maximum absolute atomic E-state index is 8.87. The number of nitrogens with one attached hydrogen (secondary N) is 1. The van der Waals surface area contributed by atoms with E-state index < -0.39 is 0 Å². The highest BCUT2D eigenvalue weighted by Crippen LogP contribution is 2.17. The molecule has 1 aromatic rings. The van der Waals surface area contributed by atoms with Gasteiger partial charge in [0.2, 0.25) is 0 Å². The van der Waals surface area contributed by atoms with Gasteiger partial charge in [-0.05, 0) is 19.8 Å². The lowest BCUT2D eigenvalue weighted by molar-refractivity contribution is 0.231. The summed E-state index contributed by atoms with van der Waals surface area (Å²) in [7, 11) is 0. The van der Waals surface area contributed by atoms with Crippen LogP contribution in [-0.2, 0) is 0 Å². The van der Waals surface area contributed by atoms with Crippen molar-refractivity contribution < 1.29 is 5.11 Å². The first-order valence-corrected chi connectivity index (χ1v) is 5.77. The van der Waals surface area contributed by atoms with Crippen molar-refractivity contribution in [1.82, 2.24) is 10.3 Å². The predicted octanol–water partition coefficient (Wildman–Crippen LogP) is 1.73. The van der Waals surface area contributed by atoms with Gasteiger partial charge in [-0.15, -0.1) is 11.3 Å². The van der Waals surface area contributed by atoms with E-state index in [-0.39, 0.29) is 12.6 Å². The summed E-state index contributed by atoms with van der Waals surface area (Å²) >= 11 is 1.68. The van der Waals surface area contributed by atoms with Gasteiger partial charge in [0.1, 0.15) is 5.01 Å². The highest BCUT2D eigenvalue weighted by atomic mass is 32.1.